The second-order valence-electron chi connectivity index (χ2n) is 5.52. The maximum absolute atomic E-state index is 12.3. The van der Waals surface area contributed by atoms with Gasteiger partial charge in [0.05, 0.1) is 10.6 Å². The topological polar surface area (TPSA) is 70.4 Å². The summed E-state index contributed by atoms with van der Waals surface area (Å²) in [5.74, 6) is -0.00510. The molecule has 1 amide bonds. The highest BCUT2D eigenvalue weighted by atomic mass is 32.2. The molecule has 7 heteroatoms. The molecule has 0 aromatic carbocycles. The van der Waals surface area contributed by atoms with E-state index < -0.39 is 0 Å². The van der Waals surface area contributed by atoms with Crippen molar-refractivity contribution in [3.8, 4) is 0 Å². The Morgan fingerprint density at radius 1 is 1.43 bits per heavy atom. The second kappa shape index (κ2) is 6.46. The Labute approximate surface area is 133 Å². The molecular weight excluding hydrogens is 304 g/mol. The van der Waals surface area contributed by atoms with Gasteiger partial charge in [-0.1, -0.05) is 0 Å². The number of nitrogens with one attached hydrogen (secondary N) is 2. The van der Waals surface area contributed by atoms with Gasteiger partial charge >= 0.3 is 0 Å². The normalized spacial score (nSPS) is 19.4. The van der Waals surface area contributed by atoms with Gasteiger partial charge in [0.15, 0.2) is 0 Å². The van der Waals surface area contributed by atoms with Gasteiger partial charge in [0.1, 0.15) is 9.88 Å². The predicted octanol–water partition coefficient (Wildman–Crippen LogP) is 1.74. The number of nitrogens with two attached hydrogens (primary N) is 1. The molecule has 1 aromatic heterocycles. The summed E-state index contributed by atoms with van der Waals surface area (Å²) in [6, 6.07) is 0.363. The van der Waals surface area contributed by atoms with Crippen LogP contribution in [0, 0.1) is 0 Å². The van der Waals surface area contributed by atoms with Crippen LogP contribution in [-0.4, -0.2) is 44.4 Å². The van der Waals surface area contributed by atoms with E-state index in [1.54, 1.807) is 23.1 Å². The standard InChI is InChI=1S/C14H22N4OS2/c1-20-12-10(15)11(13(19)17-9-3-4-9)21-14(12)18-7-2-5-16-6-8-18/h9,16H,2-8,15H2,1H3,(H,17,19). The van der Waals surface area contributed by atoms with Crippen molar-refractivity contribution in [2.75, 3.05) is 43.1 Å². The first-order valence-corrected chi connectivity index (χ1v) is 9.47. The summed E-state index contributed by atoms with van der Waals surface area (Å²) >= 11 is 3.18. The lowest BCUT2D eigenvalue weighted by Gasteiger charge is -2.21. The quantitative estimate of drug-likeness (QED) is 0.735. The molecule has 116 valence electrons. The maximum Gasteiger partial charge on any atom is 0.263 e. The average Bonchev–Trinajstić information content (AvgIpc) is 3.25. The highest BCUT2D eigenvalue weighted by molar-refractivity contribution is 7.99. The molecule has 4 N–H and O–H groups in total. The molecule has 5 nitrogen and oxygen atoms in total. The first kappa shape index (κ1) is 15.0. The van der Waals surface area contributed by atoms with Gasteiger partial charge < -0.3 is 21.3 Å². The fourth-order valence-electron chi connectivity index (χ4n) is 2.52. The van der Waals surface area contributed by atoms with Crippen LogP contribution in [0.25, 0.3) is 0 Å². The summed E-state index contributed by atoms with van der Waals surface area (Å²) in [7, 11) is 0. The maximum atomic E-state index is 12.3. The van der Waals surface area contributed by atoms with Crippen LogP contribution < -0.4 is 21.3 Å². The van der Waals surface area contributed by atoms with Crippen LogP contribution in [0.5, 0.6) is 0 Å². The van der Waals surface area contributed by atoms with Crippen molar-refractivity contribution in [3.05, 3.63) is 4.88 Å². The van der Waals surface area contributed by atoms with Crippen molar-refractivity contribution in [2.45, 2.75) is 30.2 Å². The van der Waals surface area contributed by atoms with E-state index in [4.69, 9.17) is 5.73 Å². The summed E-state index contributed by atoms with van der Waals surface area (Å²) in [4.78, 5) is 16.4. The van der Waals surface area contributed by atoms with Gasteiger partial charge in [0.2, 0.25) is 0 Å². The molecule has 0 atom stereocenters. The molecule has 1 saturated heterocycles. The molecular formula is C14H22N4OS2. The van der Waals surface area contributed by atoms with Crippen LogP contribution in [0.4, 0.5) is 10.7 Å². The minimum absolute atomic E-state index is 0.00510. The second-order valence-corrected chi connectivity index (χ2v) is 7.34. The molecule has 0 bridgehead atoms. The van der Waals surface area contributed by atoms with Gasteiger partial charge in [0, 0.05) is 25.7 Å². The Hall–Kier alpha value is -0.920. The molecule has 1 aliphatic carbocycles. The van der Waals surface area contributed by atoms with E-state index in [0.717, 1.165) is 55.3 Å². The van der Waals surface area contributed by atoms with Gasteiger partial charge in [-0.05, 0) is 32.1 Å². The Morgan fingerprint density at radius 2 is 2.24 bits per heavy atom. The summed E-state index contributed by atoms with van der Waals surface area (Å²) in [6.07, 6.45) is 5.34. The molecule has 2 aliphatic rings. The summed E-state index contributed by atoms with van der Waals surface area (Å²) < 4.78 is 0. The fraction of sp³-hybridized carbons (Fsp3) is 0.643. The van der Waals surface area contributed by atoms with E-state index in [0.29, 0.717) is 16.6 Å². The summed E-state index contributed by atoms with van der Waals surface area (Å²) in [5.41, 5.74) is 6.89. The van der Waals surface area contributed by atoms with Gasteiger partial charge in [-0.25, -0.2) is 0 Å². The lowest BCUT2D eigenvalue weighted by molar-refractivity contribution is 0.0956. The van der Waals surface area contributed by atoms with E-state index in [1.165, 1.54) is 0 Å². The van der Waals surface area contributed by atoms with E-state index in [2.05, 4.69) is 15.5 Å². The third-order valence-corrected chi connectivity index (χ3v) is 6.05. The zero-order valence-electron chi connectivity index (χ0n) is 12.3. The number of carbonyl (C=O) groups is 1. The molecule has 1 aliphatic heterocycles. The molecule has 0 spiro atoms. The van der Waals surface area contributed by atoms with Crippen LogP contribution in [0.3, 0.4) is 0 Å². The lowest BCUT2D eigenvalue weighted by Crippen LogP contribution is -2.27. The smallest absolute Gasteiger partial charge is 0.263 e. The number of carbonyl (C=O) groups excluding carboxylic acids is 1. The largest absolute Gasteiger partial charge is 0.396 e. The average molecular weight is 326 g/mol. The molecule has 0 unspecified atom stereocenters. The number of nitrogens with zero attached hydrogens (tertiary/aromatic N) is 1. The van der Waals surface area contributed by atoms with Crippen LogP contribution in [0.2, 0.25) is 0 Å². The fourth-order valence-corrected chi connectivity index (χ4v) is 4.65. The third-order valence-electron chi connectivity index (χ3n) is 3.83. The Balaban J connectivity index is 1.86. The van der Waals surface area contributed by atoms with Crippen molar-refractivity contribution >= 4 is 39.7 Å². The van der Waals surface area contributed by atoms with E-state index >= 15 is 0 Å². The Kier molecular flexibility index (Phi) is 4.61. The van der Waals surface area contributed by atoms with Crippen LogP contribution in [0.15, 0.2) is 4.90 Å². The number of nitrogen functional groups attached to an aromatic ring is 1. The van der Waals surface area contributed by atoms with E-state index in [9.17, 15) is 4.79 Å². The number of anilines is 2. The van der Waals surface area contributed by atoms with Crippen LogP contribution >= 0.6 is 23.1 Å². The molecule has 1 aromatic rings. The Morgan fingerprint density at radius 3 is 2.95 bits per heavy atom. The predicted molar refractivity (Wildman–Crippen MR) is 90.7 cm³/mol. The zero-order chi connectivity index (χ0) is 14.8. The van der Waals surface area contributed by atoms with Crippen molar-refractivity contribution in [1.82, 2.24) is 10.6 Å². The SMILES string of the molecule is CSc1c(N2CCCNCC2)sc(C(=O)NC2CC2)c1N. The van der Waals surface area contributed by atoms with Crippen LogP contribution in [0.1, 0.15) is 28.9 Å². The molecule has 2 fully saturated rings. The van der Waals surface area contributed by atoms with Crippen molar-refractivity contribution in [2.24, 2.45) is 0 Å². The van der Waals surface area contributed by atoms with Crippen molar-refractivity contribution in [3.63, 3.8) is 0 Å². The van der Waals surface area contributed by atoms with Gasteiger partial charge in [-0.3, -0.25) is 4.79 Å². The van der Waals surface area contributed by atoms with Gasteiger partial charge in [-0.2, -0.15) is 0 Å². The highest BCUT2D eigenvalue weighted by Gasteiger charge is 2.28. The number of hydrogen-bond donors (Lipinski definition) is 3. The van der Waals surface area contributed by atoms with Crippen molar-refractivity contribution in [1.29, 1.82) is 0 Å². The number of rotatable bonds is 4. The molecule has 3 rings (SSSR count). The summed E-state index contributed by atoms with van der Waals surface area (Å²) in [6.45, 7) is 4.03. The monoisotopic (exact) mass is 326 g/mol. The number of thiophene rings is 1. The van der Waals surface area contributed by atoms with Crippen LogP contribution in [-0.2, 0) is 0 Å². The van der Waals surface area contributed by atoms with Gasteiger partial charge in [0.25, 0.3) is 5.91 Å². The number of thioether (sulfide) groups is 1. The third kappa shape index (κ3) is 3.30. The van der Waals surface area contributed by atoms with Crippen molar-refractivity contribution < 1.29 is 4.79 Å². The number of hydrogen-bond acceptors (Lipinski definition) is 6. The Bertz CT molecular complexity index is 519. The molecule has 1 saturated carbocycles. The molecule has 2 heterocycles. The molecule has 0 radical (unpaired) electrons. The first-order valence-electron chi connectivity index (χ1n) is 7.43. The highest BCUT2D eigenvalue weighted by Crippen LogP contribution is 2.44. The minimum atomic E-state index is -0.00510. The lowest BCUT2D eigenvalue weighted by atomic mass is 10.3. The molecule has 21 heavy (non-hydrogen) atoms. The van der Waals surface area contributed by atoms with E-state index in [-0.39, 0.29) is 5.91 Å². The first-order chi connectivity index (χ1) is 10.2. The van der Waals surface area contributed by atoms with E-state index in [1.807, 2.05) is 6.26 Å². The van der Waals surface area contributed by atoms with Gasteiger partial charge in [-0.15, -0.1) is 23.1 Å². The zero-order valence-corrected chi connectivity index (χ0v) is 13.9. The minimum Gasteiger partial charge on any atom is -0.396 e. The number of amides is 1. The summed E-state index contributed by atoms with van der Waals surface area (Å²) in [5, 5.41) is 7.61.